The van der Waals surface area contributed by atoms with Crippen molar-refractivity contribution in [2.75, 3.05) is 0 Å². The number of benzene rings is 2. The molecule has 0 heterocycles. The summed E-state index contributed by atoms with van der Waals surface area (Å²) >= 11 is 7.21. The van der Waals surface area contributed by atoms with Gasteiger partial charge in [0.15, 0.2) is 0 Å². The Morgan fingerprint density at radius 1 is 0.933 bits per heavy atom. The molecule has 0 atom stereocenters. The quantitative estimate of drug-likeness (QED) is 0.674. The predicted octanol–water partition coefficient (Wildman–Crippen LogP) is 4.56. The van der Waals surface area contributed by atoms with Crippen molar-refractivity contribution < 1.29 is 4.39 Å². The Morgan fingerprint density at radius 3 is 1.93 bits per heavy atom. The summed E-state index contributed by atoms with van der Waals surface area (Å²) in [5, 5.41) is 0. The van der Waals surface area contributed by atoms with Gasteiger partial charge >= 0.3 is 0 Å². The fourth-order valence-electron chi connectivity index (χ4n) is 0.888. The van der Waals surface area contributed by atoms with Gasteiger partial charge < -0.3 is 0 Å². The molecule has 0 aliphatic heterocycles. The standard InChI is InChI=1S/C6H4BrF.C6H6S/c7-5-2-1-3-6(8)4-5;7-6-4-2-1-3-5-6/h1-4H;1-5,7H. The van der Waals surface area contributed by atoms with Gasteiger partial charge in [-0.2, -0.15) is 0 Å². The van der Waals surface area contributed by atoms with Gasteiger partial charge in [-0.05, 0) is 30.3 Å². The van der Waals surface area contributed by atoms with E-state index in [1.807, 2.05) is 30.3 Å². The molecule has 0 amide bonds. The molecule has 0 saturated carbocycles. The molecule has 2 aromatic rings. The Balaban J connectivity index is 0.000000151. The molecule has 15 heavy (non-hydrogen) atoms. The Kier molecular flexibility index (Phi) is 5.43. The maximum Gasteiger partial charge on any atom is 0.124 e. The monoisotopic (exact) mass is 284 g/mol. The van der Waals surface area contributed by atoms with Crippen molar-refractivity contribution in [1.82, 2.24) is 0 Å². The number of hydrogen-bond donors (Lipinski definition) is 1. The zero-order chi connectivity index (χ0) is 11.1. The maximum atomic E-state index is 12.1. The summed E-state index contributed by atoms with van der Waals surface area (Å²) < 4.78 is 12.9. The van der Waals surface area contributed by atoms with Gasteiger partial charge in [0.2, 0.25) is 0 Å². The van der Waals surface area contributed by atoms with Crippen molar-refractivity contribution in [1.29, 1.82) is 0 Å². The minimum absolute atomic E-state index is 0.209. The summed E-state index contributed by atoms with van der Waals surface area (Å²) in [6.07, 6.45) is 0. The summed E-state index contributed by atoms with van der Waals surface area (Å²) in [5.74, 6) is -0.209. The Labute approximate surface area is 103 Å². The van der Waals surface area contributed by atoms with Gasteiger partial charge in [-0.15, -0.1) is 12.6 Å². The summed E-state index contributed by atoms with van der Waals surface area (Å²) in [7, 11) is 0. The zero-order valence-electron chi connectivity index (χ0n) is 7.90. The van der Waals surface area contributed by atoms with E-state index < -0.39 is 0 Å². The third kappa shape index (κ3) is 5.60. The summed E-state index contributed by atoms with van der Waals surface area (Å²) in [6, 6.07) is 16.0. The lowest BCUT2D eigenvalue weighted by Gasteiger charge is -1.85. The largest absolute Gasteiger partial charge is 0.207 e. The highest BCUT2D eigenvalue weighted by atomic mass is 79.9. The van der Waals surface area contributed by atoms with Crippen LogP contribution in [0.1, 0.15) is 0 Å². The highest BCUT2D eigenvalue weighted by Gasteiger charge is 1.86. The van der Waals surface area contributed by atoms with E-state index >= 15 is 0 Å². The smallest absolute Gasteiger partial charge is 0.124 e. The van der Waals surface area contributed by atoms with Gasteiger partial charge in [-0.1, -0.05) is 40.2 Å². The van der Waals surface area contributed by atoms with Crippen LogP contribution in [0.3, 0.4) is 0 Å². The van der Waals surface area contributed by atoms with Crippen LogP contribution in [0.25, 0.3) is 0 Å². The normalized spacial score (nSPS) is 9.00. The van der Waals surface area contributed by atoms with Crippen LogP contribution in [-0.4, -0.2) is 0 Å². The zero-order valence-corrected chi connectivity index (χ0v) is 10.4. The molecular weight excluding hydrogens is 275 g/mol. The molecule has 0 bridgehead atoms. The Hall–Kier alpha value is -0.800. The van der Waals surface area contributed by atoms with Crippen LogP contribution in [0.2, 0.25) is 0 Å². The first kappa shape index (κ1) is 12.3. The molecular formula is C12H10BrFS. The van der Waals surface area contributed by atoms with E-state index in [-0.39, 0.29) is 5.82 Å². The second-order valence-electron chi connectivity index (χ2n) is 2.78. The van der Waals surface area contributed by atoms with Crippen LogP contribution in [0.4, 0.5) is 4.39 Å². The molecule has 0 nitrogen and oxygen atoms in total. The molecule has 0 aliphatic rings. The fourth-order valence-corrected chi connectivity index (χ4v) is 1.43. The van der Waals surface area contributed by atoms with Gasteiger partial charge in [0, 0.05) is 9.37 Å². The molecule has 78 valence electrons. The average molecular weight is 285 g/mol. The first-order chi connectivity index (χ1) is 7.18. The van der Waals surface area contributed by atoms with Crippen LogP contribution in [0.5, 0.6) is 0 Å². The van der Waals surface area contributed by atoms with Gasteiger partial charge in [0.1, 0.15) is 5.82 Å². The van der Waals surface area contributed by atoms with Gasteiger partial charge in [0.05, 0.1) is 0 Å². The van der Waals surface area contributed by atoms with Crippen LogP contribution >= 0.6 is 28.6 Å². The van der Waals surface area contributed by atoms with E-state index in [1.54, 1.807) is 12.1 Å². The SMILES string of the molecule is Fc1cccc(Br)c1.Sc1ccccc1. The van der Waals surface area contributed by atoms with Crippen LogP contribution in [0, 0.1) is 5.82 Å². The lowest BCUT2D eigenvalue weighted by molar-refractivity contribution is 0.627. The van der Waals surface area contributed by atoms with Crippen molar-refractivity contribution in [3.05, 3.63) is 64.9 Å². The number of rotatable bonds is 0. The molecule has 0 unspecified atom stereocenters. The summed E-state index contributed by atoms with van der Waals surface area (Å²) in [4.78, 5) is 1.02. The van der Waals surface area contributed by atoms with Gasteiger partial charge in [0.25, 0.3) is 0 Å². The first-order valence-corrected chi connectivity index (χ1v) is 5.57. The molecule has 0 fully saturated rings. The summed E-state index contributed by atoms with van der Waals surface area (Å²) in [6.45, 7) is 0. The molecule has 0 spiro atoms. The lowest BCUT2D eigenvalue weighted by Crippen LogP contribution is -1.68. The Bertz CT molecular complexity index is 386. The molecule has 0 saturated heterocycles. The second kappa shape index (κ2) is 6.64. The molecule has 0 aromatic heterocycles. The third-order valence-electron chi connectivity index (χ3n) is 1.54. The van der Waals surface area contributed by atoms with E-state index in [0.717, 1.165) is 9.37 Å². The molecule has 0 N–H and O–H groups in total. The van der Waals surface area contributed by atoms with E-state index in [2.05, 4.69) is 28.6 Å². The van der Waals surface area contributed by atoms with E-state index in [4.69, 9.17) is 0 Å². The number of halogens is 2. The lowest BCUT2D eigenvalue weighted by atomic mass is 10.4. The highest BCUT2D eigenvalue weighted by molar-refractivity contribution is 9.10. The van der Waals surface area contributed by atoms with E-state index in [1.165, 1.54) is 12.1 Å². The van der Waals surface area contributed by atoms with Gasteiger partial charge in [-0.3, -0.25) is 0 Å². The van der Waals surface area contributed by atoms with E-state index in [9.17, 15) is 4.39 Å². The van der Waals surface area contributed by atoms with Crippen LogP contribution < -0.4 is 0 Å². The molecule has 2 rings (SSSR count). The maximum absolute atomic E-state index is 12.1. The topological polar surface area (TPSA) is 0 Å². The minimum Gasteiger partial charge on any atom is -0.207 e. The minimum atomic E-state index is -0.209. The van der Waals surface area contributed by atoms with Crippen LogP contribution in [-0.2, 0) is 0 Å². The summed E-state index contributed by atoms with van der Waals surface area (Å²) in [5.41, 5.74) is 0. The highest BCUT2D eigenvalue weighted by Crippen LogP contribution is 2.09. The number of hydrogen-bond acceptors (Lipinski definition) is 1. The van der Waals surface area contributed by atoms with Crippen molar-refractivity contribution in [2.24, 2.45) is 0 Å². The molecule has 0 aliphatic carbocycles. The van der Waals surface area contributed by atoms with E-state index in [0.29, 0.717) is 0 Å². The van der Waals surface area contributed by atoms with Crippen molar-refractivity contribution in [2.45, 2.75) is 4.90 Å². The average Bonchev–Trinajstić information content (AvgIpc) is 2.19. The van der Waals surface area contributed by atoms with Crippen LogP contribution in [0.15, 0.2) is 64.0 Å². The van der Waals surface area contributed by atoms with Crippen molar-refractivity contribution in [3.63, 3.8) is 0 Å². The van der Waals surface area contributed by atoms with Crippen molar-refractivity contribution >= 4 is 28.6 Å². The number of thiol groups is 1. The first-order valence-electron chi connectivity index (χ1n) is 4.33. The predicted molar refractivity (Wildman–Crippen MR) is 67.8 cm³/mol. The molecule has 3 heteroatoms. The fraction of sp³-hybridized carbons (Fsp3) is 0. The Morgan fingerprint density at radius 2 is 1.60 bits per heavy atom. The second-order valence-corrected chi connectivity index (χ2v) is 4.21. The van der Waals surface area contributed by atoms with Gasteiger partial charge in [-0.25, -0.2) is 4.39 Å². The molecule has 0 radical (unpaired) electrons. The molecule has 2 aromatic carbocycles. The van der Waals surface area contributed by atoms with Crippen molar-refractivity contribution in [3.8, 4) is 0 Å². The third-order valence-corrected chi connectivity index (χ3v) is 2.33.